The third-order valence-electron chi connectivity index (χ3n) is 5.56. The largest absolute Gasteiger partial charge is 0.379 e. The second-order valence-corrected chi connectivity index (χ2v) is 13.5. The van der Waals surface area contributed by atoms with Gasteiger partial charge in [-0.25, -0.2) is 21.8 Å². The van der Waals surface area contributed by atoms with E-state index >= 15 is 0 Å². The maximum Gasteiger partial charge on any atom is 0.233 e. The van der Waals surface area contributed by atoms with Gasteiger partial charge in [0.15, 0.2) is 5.03 Å². The van der Waals surface area contributed by atoms with Crippen LogP contribution in [0.3, 0.4) is 0 Å². The van der Waals surface area contributed by atoms with Crippen LogP contribution in [0.5, 0.6) is 0 Å². The molecule has 35 heavy (non-hydrogen) atoms. The summed E-state index contributed by atoms with van der Waals surface area (Å²) in [5, 5.41) is 3.41. The van der Waals surface area contributed by atoms with E-state index < -0.39 is 19.7 Å². The summed E-state index contributed by atoms with van der Waals surface area (Å²) in [5.41, 5.74) is 0.914. The molecule has 0 unspecified atom stereocenters. The number of sulfone groups is 2. The topological polar surface area (TPSA) is 106 Å². The predicted octanol–water partition coefficient (Wildman–Crippen LogP) is 3.90. The average molecular weight is 556 g/mol. The highest BCUT2D eigenvalue weighted by Crippen LogP contribution is 2.37. The van der Waals surface area contributed by atoms with Gasteiger partial charge in [0.05, 0.1) is 23.0 Å². The first-order chi connectivity index (χ1) is 16.7. The number of thiazole rings is 1. The lowest BCUT2D eigenvalue weighted by molar-refractivity contribution is 0.0378. The number of rotatable bonds is 9. The molecule has 0 amide bonds. The van der Waals surface area contributed by atoms with E-state index in [-0.39, 0.29) is 24.2 Å². The molecule has 1 aromatic heterocycles. The van der Waals surface area contributed by atoms with Crippen molar-refractivity contribution in [3.63, 3.8) is 0 Å². The summed E-state index contributed by atoms with van der Waals surface area (Å²) < 4.78 is 58.4. The van der Waals surface area contributed by atoms with Crippen LogP contribution in [0, 0.1) is 6.92 Å². The summed E-state index contributed by atoms with van der Waals surface area (Å²) >= 11 is 6.75. The number of nitrogens with one attached hydrogen (secondary N) is 1. The molecular weight excluding hydrogens is 530 g/mol. The zero-order chi connectivity index (χ0) is 25.1. The molecule has 12 heteroatoms. The number of nitrogens with zero attached hydrogens (tertiary/aromatic N) is 2. The summed E-state index contributed by atoms with van der Waals surface area (Å²) in [6.07, 6.45) is 0.748. The van der Waals surface area contributed by atoms with Gasteiger partial charge in [0.1, 0.15) is 5.00 Å². The standard InChI is InChI=1S/C23H26ClN3O5S3/c1-17-3-7-20(8-4-17)35(30,31)23-26-22(34(28,29)19-9-5-18(24)6-10-19)21(33-23)25-11-2-12-27-13-15-32-16-14-27/h3-10,25H,2,11-16H2,1H3. The number of hydrogen-bond acceptors (Lipinski definition) is 9. The number of ether oxygens (including phenoxy) is 1. The highest BCUT2D eigenvalue weighted by molar-refractivity contribution is 7.94. The molecule has 2 aromatic carbocycles. The van der Waals surface area contributed by atoms with Crippen molar-refractivity contribution in [2.75, 3.05) is 44.7 Å². The Morgan fingerprint density at radius 3 is 2.23 bits per heavy atom. The molecule has 3 aromatic rings. The van der Waals surface area contributed by atoms with E-state index in [0.717, 1.165) is 43.0 Å². The fourth-order valence-electron chi connectivity index (χ4n) is 3.57. The van der Waals surface area contributed by atoms with E-state index in [9.17, 15) is 16.8 Å². The molecule has 1 fully saturated rings. The molecular formula is C23H26ClN3O5S3. The summed E-state index contributed by atoms with van der Waals surface area (Å²) in [7, 11) is -8.08. The van der Waals surface area contributed by atoms with Gasteiger partial charge >= 0.3 is 0 Å². The second kappa shape index (κ2) is 10.9. The first kappa shape index (κ1) is 26.1. The molecule has 1 aliphatic rings. The molecule has 0 bridgehead atoms. The Kier molecular flexibility index (Phi) is 8.14. The van der Waals surface area contributed by atoms with Gasteiger partial charge < -0.3 is 10.1 Å². The fraction of sp³-hybridized carbons (Fsp3) is 0.348. The number of anilines is 1. The van der Waals surface area contributed by atoms with Crippen molar-refractivity contribution in [1.29, 1.82) is 0 Å². The lowest BCUT2D eigenvalue weighted by Gasteiger charge is -2.26. The van der Waals surface area contributed by atoms with Gasteiger partial charge in [-0.05, 0) is 56.3 Å². The predicted molar refractivity (Wildman–Crippen MR) is 136 cm³/mol. The Labute approximate surface area is 214 Å². The zero-order valence-corrected chi connectivity index (χ0v) is 22.3. The van der Waals surface area contributed by atoms with Gasteiger partial charge in [-0.15, -0.1) is 0 Å². The Balaban J connectivity index is 1.64. The fourth-order valence-corrected chi connectivity index (χ4v) is 8.01. The Morgan fingerprint density at radius 1 is 0.971 bits per heavy atom. The third kappa shape index (κ3) is 6.04. The van der Waals surface area contributed by atoms with E-state index in [1.165, 1.54) is 36.4 Å². The maximum atomic E-state index is 13.4. The second-order valence-electron chi connectivity index (χ2n) is 8.12. The van der Waals surface area contributed by atoms with Crippen molar-refractivity contribution in [3.8, 4) is 0 Å². The Morgan fingerprint density at radius 2 is 1.57 bits per heavy atom. The molecule has 0 atom stereocenters. The molecule has 0 aliphatic carbocycles. The van der Waals surface area contributed by atoms with Gasteiger partial charge in [-0.1, -0.05) is 40.6 Å². The number of hydrogen-bond donors (Lipinski definition) is 1. The molecule has 1 saturated heterocycles. The molecule has 1 aliphatic heterocycles. The van der Waals surface area contributed by atoms with E-state index in [1.54, 1.807) is 12.1 Å². The summed E-state index contributed by atoms with van der Waals surface area (Å²) in [6.45, 7) is 6.26. The average Bonchev–Trinajstić information content (AvgIpc) is 3.29. The van der Waals surface area contributed by atoms with Crippen LogP contribution in [0.1, 0.15) is 12.0 Å². The van der Waals surface area contributed by atoms with Crippen LogP contribution in [0.25, 0.3) is 0 Å². The van der Waals surface area contributed by atoms with Crippen molar-refractivity contribution in [2.45, 2.75) is 32.5 Å². The monoisotopic (exact) mass is 555 g/mol. The summed E-state index contributed by atoms with van der Waals surface area (Å²) in [6, 6.07) is 12.1. The molecule has 1 N–H and O–H groups in total. The van der Waals surface area contributed by atoms with Crippen LogP contribution in [0.4, 0.5) is 5.00 Å². The van der Waals surface area contributed by atoms with E-state index in [2.05, 4.69) is 15.2 Å². The number of aryl methyl sites for hydroxylation is 1. The van der Waals surface area contributed by atoms with Gasteiger partial charge in [0.25, 0.3) is 0 Å². The van der Waals surface area contributed by atoms with E-state index in [0.29, 0.717) is 24.8 Å². The molecule has 0 saturated carbocycles. The number of halogens is 1. The number of morpholine rings is 1. The van der Waals surface area contributed by atoms with E-state index in [4.69, 9.17) is 16.3 Å². The normalized spacial score (nSPS) is 15.3. The molecule has 188 valence electrons. The smallest absolute Gasteiger partial charge is 0.233 e. The molecule has 0 spiro atoms. The van der Waals surface area contributed by atoms with Crippen LogP contribution >= 0.6 is 22.9 Å². The molecule has 2 heterocycles. The lowest BCUT2D eigenvalue weighted by atomic mass is 10.2. The Hall–Kier alpha value is -2.02. The summed E-state index contributed by atoms with van der Waals surface area (Å²) in [5.74, 6) is 0. The van der Waals surface area contributed by atoms with Crippen LogP contribution < -0.4 is 5.32 Å². The van der Waals surface area contributed by atoms with Gasteiger partial charge in [0.2, 0.25) is 24.0 Å². The van der Waals surface area contributed by atoms with Gasteiger partial charge in [-0.2, -0.15) is 0 Å². The SMILES string of the molecule is Cc1ccc(S(=O)(=O)c2nc(S(=O)(=O)c3ccc(Cl)cc3)c(NCCCN3CCOCC3)s2)cc1. The van der Waals surface area contributed by atoms with Gasteiger partial charge in [-0.3, -0.25) is 4.90 Å². The van der Waals surface area contributed by atoms with E-state index in [1.807, 2.05) is 6.92 Å². The lowest BCUT2D eigenvalue weighted by Crippen LogP contribution is -2.37. The van der Waals surface area contributed by atoms with Crippen LogP contribution in [0.15, 0.2) is 67.7 Å². The molecule has 4 rings (SSSR count). The van der Waals surface area contributed by atoms with Crippen molar-refractivity contribution in [1.82, 2.24) is 9.88 Å². The number of aromatic nitrogens is 1. The van der Waals surface area contributed by atoms with Crippen molar-refractivity contribution < 1.29 is 21.6 Å². The minimum absolute atomic E-state index is 0.0112. The minimum atomic E-state index is -4.09. The van der Waals surface area contributed by atoms with Crippen LogP contribution in [0.2, 0.25) is 5.02 Å². The molecule has 8 nitrogen and oxygen atoms in total. The van der Waals surface area contributed by atoms with Crippen molar-refractivity contribution >= 4 is 47.6 Å². The third-order valence-corrected chi connectivity index (χ3v) is 10.8. The highest BCUT2D eigenvalue weighted by Gasteiger charge is 2.31. The number of benzene rings is 2. The molecule has 0 radical (unpaired) electrons. The minimum Gasteiger partial charge on any atom is -0.379 e. The Bertz CT molecular complexity index is 1370. The first-order valence-corrected chi connectivity index (χ1v) is 15.2. The van der Waals surface area contributed by atoms with Crippen LogP contribution in [-0.4, -0.2) is 66.1 Å². The highest BCUT2D eigenvalue weighted by atomic mass is 35.5. The zero-order valence-electron chi connectivity index (χ0n) is 19.1. The van der Waals surface area contributed by atoms with Crippen molar-refractivity contribution in [2.24, 2.45) is 0 Å². The first-order valence-electron chi connectivity index (χ1n) is 11.0. The van der Waals surface area contributed by atoms with Crippen LogP contribution in [-0.2, 0) is 24.4 Å². The van der Waals surface area contributed by atoms with Gasteiger partial charge in [0, 0.05) is 24.7 Å². The quantitative estimate of drug-likeness (QED) is 0.396. The maximum absolute atomic E-state index is 13.4. The summed E-state index contributed by atoms with van der Waals surface area (Å²) in [4.78, 5) is 6.46. The van der Waals surface area contributed by atoms with Crippen molar-refractivity contribution in [3.05, 3.63) is 59.1 Å².